The zero-order valence-corrected chi connectivity index (χ0v) is 25.7. The van der Waals surface area contributed by atoms with Crippen molar-refractivity contribution in [1.29, 1.82) is 0 Å². The van der Waals surface area contributed by atoms with Crippen LogP contribution in [-0.2, 0) is 0 Å². The van der Waals surface area contributed by atoms with Gasteiger partial charge in [-0.2, -0.15) is 0 Å². The van der Waals surface area contributed by atoms with Gasteiger partial charge in [-0.15, -0.1) is 0 Å². The molecule has 0 saturated heterocycles. The molecule has 1 aromatic heterocycles. The Kier molecular flexibility index (Phi) is 6.54. The molecule has 0 aliphatic carbocycles. The quantitative estimate of drug-likeness (QED) is 0.197. The third kappa shape index (κ3) is 4.99. The smallest absolute Gasteiger partial charge is 0.135 e. The fraction of sp³-hybridized carbons (Fsp3) is 0. The first-order valence-electron chi connectivity index (χ1n) is 16.1. The van der Waals surface area contributed by atoms with Gasteiger partial charge in [0.15, 0.2) is 0 Å². The number of furan rings is 1. The Bertz CT molecular complexity index is 2680. The van der Waals surface area contributed by atoms with E-state index in [-0.39, 0.29) is 0 Å². The van der Waals surface area contributed by atoms with Crippen LogP contribution in [0.4, 0.5) is 0 Å². The van der Waals surface area contributed by atoms with E-state index in [4.69, 9.17) is 4.42 Å². The maximum absolute atomic E-state index is 6.24. The lowest BCUT2D eigenvalue weighted by Crippen LogP contribution is -1.83. The monoisotopic (exact) mass is 598 g/mol. The van der Waals surface area contributed by atoms with Crippen molar-refractivity contribution in [2.24, 2.45) is 0 Å². The van der Waals surface area contributed by atoms with E-state index < -0.39 is 0 Å². The molecular weight excluding hydrogens is 569 g/mol. The largest absolute Gasteiger partial charge is 0.456 e. The maximum Gasteiger partial charge on any atom is 0.135 e. The van der Waals surface area contributed by atoms with Crippen molar-refractivity contribution >= 4 is 54.3 Å². The normalized spacial score (nSPS) is 11.4. The van der Waals surface area contributed by atoms with Crippen LogP contribution in [0.5, 0.6) is 0 Å². The van der Waals surface area contributed by atoms with Crippen molar-refractivity contribution in [3.05, 3.63) is 182 Å². The summed E-state index contributed by atoms with van der Waals surface area (Å²) in [7, 11) is 0. The summed E-state index contributed by atoms with van der Waals surface area (Å²) in [5.41, 5.74) is 8.99. The minimum absolute atomic E-state index is 0.908. The highest BCUT2D eigenvalue weighted by atomic mass is 16.3. The van der Waals surface area contributed by atoms with Crippen LogP contribution in [0.25, 0.3) is 87.6 Å². The lowest BCUT2D eigenvalue weighted by atomic mass is 9.95. The zero-order chi connectivity index (χ0) is 31.2. The van der Waals surface area contributed by atoms with E-state index in [1.807, 2.05) is 0 Å². The van der Waals surface area contributed by atoms with Crippen LogP contribution in [0.3, 0.4) is 0 Å². The minimum Gasteiger partial charge on any atom is -0.456 e. The summed E-state index contributed by atoms with van der Waals surface area (Å²) in [5.74, 6) is 0. The summed E-state index contributed by atoms with van der Waals surface area (Å²) >= 11 is 0. The SMILES string of the molecule is c1ccc(-c2ccc3oc4ccc(-c5ccc6cc(-c7ccc8ccccc8cccc8ccccc78)ccc6c5)cc4c3c2)cc1. The molecule has 0 amide bonds. The van der Waals surface area contributed by atoms with Crippen molar-refractivity contribution in [1.82, 2.24) is 0 Å². The highest BCUT2D eigenvalue weighted by Crippen LogP contribution is 2.36. The molecule has 220 valence electrons. The topological polar surface area (TPSA) is 13.1 Å². The van der Waals surface area contributed by atoms with Crippen molar-refractivity contribution < 1.29 is 4.42 Å². The second-order valence-electron chi connectivity index (χ2n) is 12.2. The first-order chi connectivity index (χ1) is 23.3. The lowest BCUT2D eigenvalue weighted by Gasteiger charge is -2.09. The van der Waals surface area contributed by atoms with Gasteiger partial charge in [-0.1, -0.05) is 146 Å². The predicted octanol–water partition coefficient (Wildman–Crippen LogP) is 13.2. The molecule has 9 aromatic rings. The molecular formula is C46H30O. The summed E-state index contributed by atoms with van der Waals surface area (Å²) in [6.45, 7) is 0. The van der Waals surface area contributed by atoms with Crippen LogP contribution in [0.15, 0.2) is 186 Å². The molecule has 0 radical (unpaired) electrons. The average Bonchev–Trinajstić information content (AvgIpc) is 3.50. The number of rotatable bonds is 3. The number of benzene rings is 7. The van der Waals surface area contributed by atoms with Gasteiger partial charge < -0.3 is 4.42 Å². The maximum atomic E-state index is 6.24. The fourth-order valence-corrected chi connectivity index (χ4v) is 6.83. The summed E-state index contributed by atoms with van der Waals surface area (Å²) in [6.07, 6.45) is 0. The molecule has 0 atom stereocenters. The Balaban J connectivity index is 1.15. The number of hydrogen-bond donors (Lipinski definition) is 0. The van der Waals surface area contributed by atoms with Gasteiger partial charge in [0, 0.05) is 10.8 Å². The molecule has 1 nitrogen and oxygen atoms in total. The van der Waals surface area contributed by atoms with Crippen LogP contribution >= 0.6 is 0 Å². The molecule has 0 aliphatic heterocycles. The van der Waals surface area contributed by atoms with Crippen LogP contribution in [0.1, 0.15) is 0 Å². The van der Waals surface area contributed by atoms with Gasteiger partial charge in [-0.05, 0) is 102 Å². The summed E-state index contributed by atoms with van der Waals surface area (Å²) in [4.78, 5) is 0. The van der Waals surface area contributed by atoms with Crippen LogP contribution < -0.4 is 0 Å². The molecule has 0 fully saturated rings. The highest BCUT2D eigenvalue weighted by molar-refractivity contribution is 6.08. The van der Waals surface area contributed by atoms with Gasteiger partial charge in [0.1, 0.15) is 11.2 Å². The fourth-order valence-electron chi connectivity index (χ4n) is 6.83. The van der Waals surface area contributed by atoms with Gasteiger partial charge in [0.2, 0.25) is 0 Å². The van der Waals surface area contributed by atoms with Crippen LogP contribution in [0, 0.1) is 0 Å². The van der Waals surface area contributed by atoms with Gasteiger partial charge in [0.25, 0.3) is 0 Å². The van der Waals surface area contributed by atoms with Gasteiger partial charge >= 0.3 is 0 Å². The van der Waals surface area contributed by atoms with Crippen molar-refractivity contribution in [3.8, 4) is 33.4 Å². The predicted molar refractivity (Wildman–Crippen MR) is 200 cm³/mol. The third-order valence-electron chi connectivity index (χ3n) is 9.29. The number of hydrogen-bond acceptors (Lipinski definition) is 1. The van der Waals surface area contributed by atoms with Crippen molar-refractivity contribution in [2.45, 2.75) is 0 Å². The molecule has 0 bridgehead atoms. The summed E-state index contributed by atoms with van der Waals surface area (Å²) in [5, 5.41) is 9.55. The Morgan fingerprint density at radius 1 is 0.255 bits per heavy atom. The second kappa shape index (κ2) is 11.3. The van der Waals surface area contributed by atoms with E-state index in [0.29, 0.717) is 0 Å². The molecule has 47 heavy (non-hydrogen) atoms. The minimum atomic E-state index is 0.908. The summed E-state index contributed by atoms with van der Waals surface area (Å²) in [6, 6.07) is 65.4. The molecule has 1 heteroatoms. The molecule has 0 N–H and O–H groups in total. The first-order valence-corrected chi connectivity index (χ1v) is 16.1. The van der Waals surface area contributed by atoms with Gasteiger partial charge in [-0.25, -0.2) is 0 Å². The Labute approximate surface area is 273 Å². The molecule has 0 unspecified atom stereocenters. The van der Waals surface area contributed by atoms with Crippen LogP contribution in [0.2, 0.25) is 0 Å². The lowest BCUT2D eigenvalue weighted by molar-refractivity contribution is 0.669. The van der Waals surface area contributed by atoms with Gasteiger partial charge in [0.05, 0.1) is 0 Å². The van der Waals surface area contributed by atoms with E-state index in [1.54, 1.807) is 0 Å². The average molecular weight is 599 g/mol. The van der Waals surface area contributed by atoms with E-state index >= 15 is 0 Å². The molecule has 9 rings (SSSR count). The molecule has 1 heterocycles. The van der Waals surface area contributed by atoms with Crippen molar-refractivity contribution in [3.63, 3.8) is 0 Å². The van der Waals surface area contributed by atoms with Gasteiger partial charge in [-0.3, -0.25) is 0 Å². The van der Waals surface area contributed by atoms with E-state index in [0.717, 1.165) is 21.9 Å². The molecule has 0 spiro atoms. The van der Waals surface area contributed by atoms with Crippen molar-refractivity contribution in [2.75, 3.05) is 0 Å². The molecule has 0 saturated carbocycles. The second-order valence-corrected chi connectivity index (χ2v) is 12.2. The Morgan fingerprint density at radius 3 is 1.49 bits per heavy atom. The zero-order valence-electron chi connectivity index (χ0n) is 25.7. The number of fused-ring (bicyclic) bond motifs is 6. The Hall–Kier alpha value is -6.18. The van der Waals surface area contributed by atoms with E-state index in [9.17, 15) is 0 Å². The third-order valence-corrected chi connectivity index (χ3v) is 9.29. The molecule has 8 aromatic carbocycles. The highest BCUT2D eigenvalue weighted by Gasteiger charge is 2.11. The summed E-state index contributed by atoms with van der Waals surface area (Å²) < 4.78 is 6.24. The Morgan fingerprint density at radius 2 is 0.745 bits per heavy atom. The van der Waals surface area contributed by atoms with E-state index in [2.05, 4.69) is 182 Å². The standard InChI is InChI=1S/C46H30O/c1-2-9-32(10-3-1)38-22-25-45-43(29-38)44-30-39(23-26-46(44)47-45)36-17-18-37-28-40(20-19-35(37)27-36)42-24-21-33-12-5-4-11-31(33)14-8-15-34-13-6-7-16-41(34)42/h1-30H. The van der Waals surface area contributed by atoms with E-state index in [1.165, 1.54) is 65.7 Å². The molecule has 0 aliphatic rings. The van der Waals surface area contributed by atoms with Crippen LogP contribution in [-0.4, -0.2) is 0 Å². The first kappa shape index (κ1) is 27.2.